The Hall–Kier alpha value is -3.32. The van der Waals surface area contributed by atoms with Gasteiger partial charge < -0.3 is 15.5 Å². The molecule has 0 unspecified atom stereocenters. The Morgan fingerprint density at radius 1 is 1.30 bits per heavy atom. The molecule has 0 aliphatic rings. The molecular formula is C20H23FN5O+. The lowest BCUT2D eigenvalue weighted by Crippen LogP contribution is -2.72. The van der Waals surface area contributed by atoms with Crippen LogP contribution in [0.15, 0.2) is 83.6 Å². The number of amides is 1. The van der Waals surface area contributed by atoms with Gasteiger partial charge in [-0.25, -0.2) is 4.39 Å². The van der Waals surface area contributed by atoms with E-state index in [2.05, 4.69) is 22.1 Å². The molecule has 1 amide bonds. The maximum Gasteiger partial charge on any atom is 0.228 e. The van der Waals surface area contributed by atoms with Crippen molar-refractivity contribution in [3.63, 3.8) is 0 Å². The predicted octanol–water partition coefficient (Wildman–Crippen LogP) is 3.16. The summed E-state index contributed by atoms with van der Waals surface area (Å²) in [4.78, 5) is 13.8. The number of carbonyl (C=O) groups is 1. The van der Waals surface area contributed by atoms with Crippen molar-refractivity contribution in [1.82, 2.24) is 4.90 Å². The summed E-state index contributed by atoms with van der Waals surface area (Å²) in [5.74, 6) is -0.375. The molecule has 27 heavy (non-hydrogen) atoms. The van der Waals surface area contributed by atoms with Gasteiger partial charge in [-0.1, -0.05) is 36.9 Å². The third-order valence-corrected chi connectivity index (χ3v) is 3.62. The summed E-state index contributed by atoms with van der Waals surface area (Å²) in [7, 11) is 3.65. The number of azo groups is 1. The highest BCUT2D eigenvalue weighted by Gasteiger charge is 2.08. The summed E-state index contributed by atoms with van der Waals surface area (Å²) in [6.07, 6.45) is 3.82. The van der Waals surface area contributed by atoms with Crippen LogP contribution in [-0.2, 0) is 11.2 Å². The van der Waals surface area contributed by atoms with Crippen molar-refractivity contribution in [2.24, 2.45) is 10.2 Å². The first-order valence-corrected chi connectivity index (χ1v) is 8.42. The molecule has 0 spiro atoms. The van der Waals surface area contributed by atoms with Crippen molar-refractivity contribution in [2.75, 3.05) is 19.4 Å². The van der Waals surface area contributed by atoms with E-state index in [9.17, 15) is 9.18 Å². The van der Waals surface area contributed by atoms with Crippen LogP contribution in [0.1, 0.15) is 5.56 Å². The monoisotopic (exact) mass is 368 g/mol. The standard InChI is InChI=1S/C20H22FN5O/c1-15(26(3)12-11-22-2)24-25-19-14-17(9-10-18(19)21)23-20(27)13-16-7-5-4-6-8-16/h4-12,14,22H,1,13H2,2-3H3,(H,23,27)/p+1. The Morgan fingerprint density at radius 2 is 2.04 bits per heavy atom. The number of hydrogen-bond acceptors (Lipinski definition) is 4. The molecule has 0 aromatic heterocycles. The van der Waals surface area contributed by atoms with E-state index in [0.717, 1.165) is 5.56 Å². The highest BCUT2D eigenvalue weighted by atomic mass is 19.1. The van der Waals surface area contributed by atoms with Crippen molar-refractivity contribution >= 4 is 17.3 Å². The molecule has 0 aliphatic heterocycles. The molecule has 140 valence electrons. The number of quaternary nitrogens is 1. The molecule has 0 atom stereocenters. The van der Waals surface area contributed by atoms with E-state index in [1.807, 2.05) is 48.9 Å². The van der Waals surface area contributed by atoms with Gasteiger partial charge in [0.15, 0.2) is 5.82 Å². The Kier molecular flexibility index (Phi) is 7.39. The van der Waals surface area contributed by atoms with Crippen LogP contribution < -0.4 is 10.6 Å². The van der Waals surface area contributed by atoms with Crippen LogP contribution in [0.2, 0.25) is 0 Å². The SMILES string of the molecule is C=C(N=Nc1cc(NC(=O)Cc2ccccc2)ccc1F)N(C)C=C[NH2+]C. The maximum atomic E-state index is 14.0. The van der Waals surface area contributed by atoms with Gasteiger partial charge in [0, 0.05) is 12.7 Å². The van der Waals surface area contributed by atoms with E-state index in [1.165, 1.54) is 18.2 Å². The fourth-order valence-electron chi connectivity index (χ4n) is 2.14. The summed E-state index contributed by atoms with van der Waals surface area (Å²) in [5, 5.41) is 12.4. The number of anilines is 1. The number of nitrogens with zero attached hydrogens (tertiary/aromatic N) is 3. The lowest BCUT2D eigenvalue weighted by atomic mass is 10.1. The zero-order valence-electron chi connectivity index (χ0n) is 15.4. The fourth-order valence-corrected chi connectivity index (χ4v) is 2.14. The fraction of sp³-hybridized carbons (Fsp3) is 0.150. The average molecular weight is 368 g/mol. The third-order valence-electron chi connectivity index (χ3n) is 3.62. The molecule has 0 fully saturated rings. The van der Waals surface area contributed by atoms with Gasteiger partial charge in [-0.2, -0.15) is 0 Å². The summed E-state index contributed by atoms with van der Waals surface area (Å²) >= 11 is 0. The van der Waals surface area contributed by atoms with Crippen LogP contribution >= 0.6 is 0 Å². The molecule has 2 aromatic carbocycles. The summed E-state index contributed by atoms with van der Waals surface area (Å²) < 4.78 is 14.0. The van der Waals surface area contributed by atoms with Crippen LogP contribution in [-0.4, -0.2) is 24.9 Å². The van der Waals surface area contributed by atoms with Gasteiger partial charge in [0.25, 0.3) is 0 Å². The number of benzene rings is 2. The molecule has 6 nitrogen and oxygen atoms in total. The Balaban J connectivity index is 2.04. The Bertz CT molecular complexity index is 849. The van der Waals surface area contributed by atoms with E-state index >= 15 is 0 Å². The van der Waals surface area contributed by atoms with Crippen LogP contribution in [0.3, 0.4) is 0 Å². The number of halogens is 1. The van der Waals surface area contributed by atoms with E-state index < -0.39 is 5.82 Å². The van der Waals surface area contributed by atoms with Gasteiger partial charge in [0.05, 0.1) is 19.7 Å². The zero-order valence-corrected chi connectivity index (χ0v) is 15.4. The molecule has 0 heterocycles. The summed E-state index contributed by atoms with van der Waals surface area (Å²) in [5.41, 5.74) is 1.37. The van der Waals surface area contributed by atoms with E-state index in [0.29, 0.717) is 11.5 Å². The van der Waals surface area contributed by atoms with Crippen LogP contribution in [0.4, 0.5) is 15.8 Å². The topological polar surface area (TPSA) is 73.7 Å². The Morgan fingerprint density at radius 3 is 2.74 bits per heavy atom. The van der Waals surface area contributed by atoms with Crippen molar-refractivity contribution in [2.45, 2.75) is 6.42 Å². The Labute approximate surface area is 158 Å². The molecule has 0 aliphatic carbocycles. The lowest BCUT2D eigenvalue weighted by Gasteiger charge is -2.10. The largest absolute Gasteiger partial charge is 0.330 e. The molecule has 3 N–H and O–H groups in total. The number of carbonyl (C=O) groups excluding carboxylic acids is 1. The van der Waals surface area contributed by atoms with Crippen LogP contribution in [0, 0.1) is 5.82 Å². The van der Waals surface area contributed by atoms with Crippen LogP contribution in [0.5, 0.6) is 0 Å². The minimum atomic E-state index is -0.535. The first-order valence-electron chi connectivity index (χ1n) is 8.42. The summed E-state index contributed by atoms with van der Waals surface area (Å²) in [6, 6.07) is 13.5. The van der Waals surface area contributed by atoms with Gasteiger partial charge in [-0.05, 0) is 23.8 Å². The van der Waals surface area contributed by atoms with E-state index in [4.69, 9.17) is 0 Å². The van der Waals surface area contributed by atoms with Crippen molar-refractivity contribution < 1.29 is 14.5 Å². The molecule has 2 aromatic rings. The maximum absolute atomic E-state index is 14.0. The normalized spacial score (nSPS) is 11.1. The first kappa shape index (κ1) is 20.0. The molecule has 2 rings (SSSR count). The molecule has 0 bridgehead atoms. The van der Waals surface area contributed by atoms with Gasteiger partial charge in [0.1, 0.15) is 17.7 Å². The van der Waals surface area contributed by atoms with Gasteiger partial charge in [-0.15, -0.1) is 10.2 Å². The molecular weight excluding hydrogens is 345 g/mol. The van der Waals surface area contributed by atoms with Gasteiger partial charge in [-0.3, -0.25) is 4.79 Å². The lowest BCUT2D eigenvalue weighted by molar-refractivity contribution is -0.557. The second kappa shape index (κ2) is 9.98. The van der Waals surface area contributed by atoms with E-state index in [-0.39, 0.29) is 18.0 Å². The van der Waals surface area contributed by atoms with Crippen LogP contribution in [0.25, 0.3) is 0 Å². The second-order valence-electron chi connectivity index (χ2n) is 5.78. The van der Waals surface area contributed by atoms with Crippen molar-refractivity contribution in [3.8, 4) is 0 Å². The molecule has 0 saturated carbocycles. The number of nitrogens with two attached hydrogens (primary N) is 1. The van der Waals surface area contributed by atoms with Crippen molar-refractivity contribution in [1.29, 1.82) is 0 Å². The highest BCUT2D eigenvalue weighted by Crippen LogP contribution is 2.24. The number of nitrogens with one attached hydrogen (secondary N) is 1. The van der Waals surface area contributed by atoms with E-state index in [1.54, 1.807) is 18.1 Å². The van der Waals surface area contributed by atoms with Crippen molar-refractivity contribution in [3.05, 3.63) is 84.7 Å². The highest BCUT2D eigenvalue weighted by molar-refractivity contribution is 5.92. The molecule has 0 radical (unpaired) electrons. The van der Waals surface area contributed by atoms with Gasteiger partial charge in [0.2, 0.25) is 5.91 Å². The number of hydrogen-bond donors (Lipinski definition) is 2. The quantitative estimate of drug-likeness (QED) is 0.703. The molecule has 7 heteroatoms. The predicted molar refractivity (Wildman–Crippen MR) is 104 cm³/mol. The number of rotatable bonds is 8. The van der Waals surface area contributed by atoms with Gasteiger partial charge >= 0.3 is 0 Å². The smallest absolute Gasteiger partial charge is 0.228 e. The zero-order chi connectivity index (χ0) is 19.6. The minimum Gasteiger partial charge on any atom is -0.330 e. The second-order valence-corrected chi connectivity index (χ2v) is 5.78. The first-order chi connectivity index (χ1) is 13.0. The minimum absolute atomic E-state index is 0.0214. The average Bonchev–Trinajstić information content (AvgIpc) is 2.66. The summed E-state index contributed by atoms with van der Waals surface area (Å²) in [6.45, 7) is 3.78. The molecule has 0 saturated heterocycles. The third kappa shape index (κ3) is 6.48.